The van der Waals surface area contributed by atoms with Crippen molar-refractivity contribution in [3.63, 3.8) is 0 Å². The number of anilines is 1. The Labute approximate surface area is 173 Å². The molecule has 0 fully saturated rings. The number of rotatable bonds is 17. The summed E-state index contributed by atoms with van der Waals surface area (Å²) in [6, 6.07) is 7.46. The van der Waals surface area contributed by atoms with Crippen molar-refractivity contribution in [2.75, 3.05) is 23.4 Å². The van der Waals surface area contributed by atoms with Crippen LogP contribution >= 0.6 is 11.8 Å². The summed E-state index contributed by atoms with van der Waals surface area (Å²) in [7, 11) is 0. The Hall–Kier alpha value is -1.69. The Bertz CT molecular complexity index is 565. The average molecular weight is 410 g/mol. The summed E-state index contributed by atoms with van der Waals surface area (Å²) in [5.74, 6) is 2.37. The van der Waals surface area contributed by atoms with Gasteiger partial charge in [0.05, 0.1) is 12.3 Å². The van der Waals surface area contributed by atoms with Gasteiger partial charge in [0.15, 0.2) is 0 Å². The first-order valence-electron chi connectivity index (χ1n) is 10.4. The molecule has 2 N–H and O–H groups in total. The van der Waals surface area contributed by atoms with Gasteiger partial charge in [-0.3, -0.25) is 9.59 Å². The van der Waals surface area contributed by atoms with Crippen molar-refractivity contribution < 1.29 is 19.4 Å². The fraction of sp³-hybridized carbons (Fsp3) is 0.636. The lowest BCUT2D eigenvalue weighted by Crippen LogP contribution is -2.12. The van der Waals surface area contributed by atoms with Crippen molar-refractivity contribution in [2.24, 2.45) is 0 Å². The number of hydrogen-bond donors (Lipinski definition) is 2. The summed E-state index contributed by atoms with van der Waals surface area (Å²) in [4.78, 5) is 22.7. The van der Waals surface area contributed by atoms with E-state index in [4.69, 9.17) is 9.84 Å². The van der Waals surface area contributed by atoms with Crippen molar-refractivity contribution >= 4 is 29.3 Å². The number of hydrogen-bond acceptors (Lipinski definition) is 4. The average Bonchev–Trinajstić information content (AvgIpc) is 2.67. The Morgan fingerprint density at radius 1 is 0.964 bits per heavy atom. The predicted octanol–water partition coefficient (Wildman–Crippen LogP) is 5.74. The molecule has 0 radical (unpaired) electrons. The summed E-state index contributed by atoms with van der Waals surface area (Å²) in [6.07, 6.45) is 8.73. The first-order chi connectivity index (χ1) is 13.6. The number of carbonyl (C=O) groups excluding carboxylic acids is 1. The third kappa shape index (κ3) is 12.7. The number of carbonyl (C=O) groups is 2. The van der Waals surface area contributed by atoms with E-state index in [-0.39, 0.29) is 12.3 Å². The molecule has 1 rings (SSSR count). The molecule has 6 heteroatoms. The van der Waals surface area contributed by atoms with E-state index in [2.05, 4.69) is 12.2 Å². The van der Waals surface area contributed by atoms with Crippen molar-refractivity contribution in [3.8, 4) is 5.75 Å². The Kier molecular flexibility index (Phi) is 14.2. The van der Waals surface area contributed by atoms with Gasteiger partial charge in [0.25, 0.3) is 0 Å². The first-order valence-corrected chi connectivity index (χ1v) is 11.6. The number of amides is 1. The number of para-hydroxylation sites is 2. The molecule has 0 aliphatic carbocycles. The van der Waals surface area contributed by atoms with Crippen LogP contribution in [0, 0.1) is 0 Å². The van der Waals surface area contributed by atoms with E-state index in [0.29, 0.717) is 30.9 Å². The van der Waals surface area contributed by atoms with E-state index in [0.717, 1.165) is 25.7 Å². The second-order valence-electron chi connectivity index (χ2n) is 6.81. The smallest absolute Gasteiger partial charge is 0.303 e. The molecule has 0 saturated carbocycles. The molecule has 0 atom stereocenters. The Balaban J connectivity index is 2.20. The molecule has 0 heterocycles. The number of benzene rings is 1. The van der Waals surface area contributed by atoms with Gasteiger partial charge in [-0.25, -0.2) is 0 Å². The normalized spacial score (nSPS) is 10.6. The minimum atomic E-state index is -0.760. The maximum atomic E-state index is 12.2. The fourth-order valence-electron chi connectivity index (χ4n) is 2.81. The largest absolute Gasteiger partial charge is 0.491 e. The van der Waals surface area contributed by atoms with Crippen LogP contribution in [0.1, 0.15) is 71.1 Å². The molecule has 0 unspecified atom stereocenters. The van der Waals surface area contributed by atoms with E-state index < -0.39 is 5.97 Å². The molecular formula is C22H35NO4S. The maximum Gasteiger partial charge on any atom is 0.303 e. The van der Waals surface area contributed by atoms with Crippen LogP contribution in [0.3, 0.4) is 0 Å². The number of carboxylic acids is 1. The molecule has 0 spiro atoms. The SMILES string of the molecule is CCSCCCCCCCC(=O)Nc1ccccc1OCCCCCC(=O)O. The molecule has 0 aliphatic heterocycles. The molecule has 28 heavy (non-hydrogen) atoms. The zero-order valence-electron chi connectivity index (χ0n) is 17.1. The van der Waals surface area contributed by atoms with Gasteiger partial charge in [-0.2, -0.15) is 11.8 Å². The van der Waals surface area contributed by atoms with Crippen molar-refractivity contribution in [1.82, 2.24) is 0 Å². The highest BCUT2D eigenvalue weighted by Gasteiger charge is 2.07. The second-order valence-corrected chi connectivity index (χ2v) is 8.21. The molecule has 1 amide bonds. The summed E-state index contributed by atoms with van der Waals surface area (Å²) in [6.45, 7) is 2.71. The number of carboxylic acid groups (broad SMARTS) is 1. The maximum absolute atomic E-state index is 12.2. The quantitative estimate of drug-likeness (QED) is 0.321. The van der Waals surface area contributed by atoms with Crippen LogP contribution in [0.4, 0.5) is 5.69 Å². The summed E-state index contributed by atoms with van der Waals surface area (Å²) in [5, 5.41) is 11.6. The summed E-state index contributed by atoms with van der Waals surface area (Å²) < 4.78 is 5.77. The molecule has 0 saturated heterocycles. The molecule has 0 aromatic heterocycles. The summed E-state index contributed by atoms with van der Waals surface area (Å²) >= 11 is 1.99. The lowest BCUT2D eigenvalue weighted by molar-refractivity contribution is -0.137. The van der Waals surface area contributed by atoms with Gasteiger partial charge < -0.3 is 15.2 Å². The van der Waals surface area contributed by atoms with Crippen LogP contribution in [-0.2, 0) is 9.59 Å². The van der Waals surface area contributed by atoms with Gasteiger partial charge in [-0.15, -0.1) is 0 Å². The Morgan fingerprint density at radius 3 is 2.43 bits per heavy atom. The van der Waals surface area contributed by atoms with Crippen LogP contribution in [-0.4, -0.2) is 35.1 Å². The van der Waals surface area contributed by atoms with Crippen LogP contribution in [0.2, 0.25) is 0 Å². The highest BCUT2D eigenvalue weighted by atomic mass is 32.2. The van der Waals surface area contributed by atoms with Crippen molar-refractivity contribution in [1.29, 1.82) is 0 Å². The predicted molar refractivity (Wildman–Crippen MR) is 117 cm³/mol. The monoisotopic (exact) mass is 409 g/mol. The van der Waals surface area contributed by atoms with Crippen molar-refractivity contribution in [3.05, 3.63) is 24.3 Å². The van der Waals surface area contributed by atoms with Gasteiger partial charge in [0.2, 0.25) is 5.91 Å². The molecule has 1 aromatic rings. The number of ether oxygens (including phenoxy) is 1. The molecule has 1 aromatic carbocycles. The molecule has 5 nitrogen and oxygen atoms in total. The van der Waals surface area contributed by atoms with E-state index in [1.807, 2.05) is 36.0 Å². The lowest BCUT2D eigenvalue weighted by atomic mass is 10.1. The van der Waals surface area contributed by atoms with Crippen LogP contribution in [0.5, 0.6) is 5.75 Å². The van der Waals surface area contributed by atoms with E-state index in [9.17, 15) is 9.59 Å². The van der Waals surface area contributed by atoms with Gasteiger partial charge >= 0.3 is 5.97 Å². The zero-order chi connectivity index (χ0) is 20.5. The summed E-state index contributed by atoms with van der Waals surface area (Å²) in [5.41, 5.74) is 0.703. The molecule has 158 valence electrons. The fourth-order valence-corrected chi connectivity index (χ4v) is 3.51. The third-order valence-corrected chi connectivity index (χ3v) is 5.34. The first kappa shape index (κ1) is 24.3. The van der Waals surface area contributed by atoms with E-state index in [1.54, 1.807) is 0 Å². The van der Waals surface area contributed by atoms with Gasteiger partial charge in [-0.05, 0) is 55.7 Å². The minimum Gasteiger partial charge on any atom is -0.491 e. The number of nitrogens with one attached hydrogen (secondary N) is 1. The number of unbranched alkanes of at least 4 members (excludes halogenated alkanes) is 6. The minimum absolute atomic E-state index is 0.0269. The standard InChI is InChI=1S/C22H35NO4S/c1-2-28-18-12-5-3-4-7-15-21(24)23-19-13-9-10-14-20(19)27-17-11-6-8-16-22(25)26/h9-10,13-14H,2-8,11-12,15-18H2,1H3,(H,23,24)(H,25,26). The molecule has 0 aliphatic rings. The molecule has 0 bridgehead atoms. The van der Waals surface area contributed by atoms with Gasteiger partial charge in [0.1, 0.15) is 5.75 Å². The highest BCUT2D eigenvalue weighted by Crippen LogP contribution is 2.24. The number of thioether (sulfide) groups is 1. The van der Waals surface area contributed by atoms with Crippen LogP contribution in [0.15, 0.2) is 24.3 Å². The third-order valence-electron chi connectivity index (χ3n) is 4.35. The van der Waals surface area contributed by atoms with Crippen LogP contribution in [0.25, 0.3) is 0 Å². The van der Waals surface area contributed by atoms with Gasteiger partial charge in [0, 0.05) is 12.8 Å². The number of aliphatic carboxylic acids is 1. The highest BCUT2D eigenvalue weighted by molar-refractivity contribution is 7.99. The van der Waals surface area contributed by atoms with Gasteiger partial charge in [-0.1, -0.05) is 38.3 Å². The second kappa shape index (κ2) is 16.3. The lowest BCUT2D eigenvalue weighted by Gasteiger charge is -2.12. The van der Waals surface area contributed by atoms with Crippen LogP contribution < -0.4 is 10.1 Å². The zero-order valence-corrected chi connectivity index (χ0v) is 17.9. The molecular weight excluding hydrogens is 374 g/mol. The van der Waals surface area contributed by atoms with E-state index >= 15 is 0 Å². The Morgan fingerprint density at radius 2 is 1.64 bits per heavy atom. The topological polar surface area (TPSA) is 75.6 Å². The van der Waals surface area contributed by atoms with E-state index in [1.165, 1.54) is 30.8 Å². The van der Waals surface area contributed by atoms with Crippen molar-refractivity contribution in [2.45, 2.75) is 71.1 Å².